The summed E-state index contributed by atoms with van der Waals surface area (Å²) in [6.07, 6.45) is 0. The summed E-state index contributed by atoms with van der Waals surface area (Å²) < 4.78 is 23.2. The van der Waals surface area contributed by atoms with Crippen LogP contribution in [0.5, 0.6) is 11.5 Å². The van der Waals surface area contributed by atoms with Crippen LogP contribution in [-0.2, 0) is 0 Å². The van der Waals surface area contributed by atoms with Crippen LogP contribution in [0.25, 0.3) is 0 Å². The highest BCUT2D eigenvalue weighted by Crippen LogP contribution is 2.34. The van der Waals surface area contributed by atoms with Crippen molar-refractivity contribution in [3.63, 3.8) is 0 Å². The lowest BCUT2D eigenvalue weighted by Crippen LogP contribution is -2.16. The van der Waals surface area contributed by atoms with E-state index in [1.54, 1.807) is 6.07 Å². The minimum Gasteiger partial charge on any atom is -0.486 e. The Kier molecular flexibility index (Phi) is 1.53. The van der Waals surface area contributed by atoms with E-state index in [-0.39, 0.29) is 5.75 Å². The predicted molar refractivity (Wildman–Crippen MR) is 41.8 cm³/mol. The Morgan fingerprint density at radius 1 is 1.25 bits per heavy atom. The molecule has 2 rings (SSSR count). The van der Waals surface area contributed by atoms with Crippen LogP contribution in [-0.4, -0.2) is 13.2 Å². The highest BCUT2D eigenvalue weighted by atomic mass is 19.1. The molecular formula is C8H8FNO2. The third-order valence-electron chi connectivity index (χ3n) is 1.62. The molecule has 1 aromatic rings. The maximum absolute atomic E-state index is 13.0. The molecule has 0 amide bonds. The fraction of sp³-hybridized carbons (Fsp3) is 0.250. The zero-order chi connectivity index (χ0) is 8.55. The molecule has 0 bridgehead atoms. The molecule has 0 saturated carbocycles. The number of ether oxygens (including phenoxy) is 2. The van der Waals surface area contributed by atoms with Crippen molar-refractivity contribution in [2.45, 2.75) is 0 Å². The van der Waals surface area contributed by atoms with E-state index in [9.17, 15) is 4.39 Å². The van der Waals surface area contributed by atoms with Crippen molar-refractivity contribution in [2.24, 2.45) is 0 Å². The van der Waals surface area contributed by atoms with Crippen molar-refractivity contribution < 1.29 is 13.9 Å². The first kappa shape index (κ1) is 7.21. The minimum absolute atomic E-state index is 0.162. The number of hydrogen-bond acceptors (Lipinski definition) is 3. The van der Waals surface area contributed by atoms with E-state index in [4.69, 9.17) is 15.2 Å². The van der Waals surface area contributed by atoms with Crippen molar-refractivity contribution in [3.8, 4) is 11.5 Å². The fourth-order valence-corrected chi connectivity index (χ4v) is 1.13. The largest absolute Gasteiger partial charge is 0.486 e. The summed E-state index contributed by atoms with van der Waals surface area (Å²) in [5, 5.41) is 0. The first-order valence-electron chi connectivity index (χ1n) is 3.62. The molecule has 4 heteroatoms. The molecule has 12 heavy (non-hydrogen) atoms. The zero-order valence-corrected chi connectivity index (χ0v) is 6.34. The number of fused-ring (bicyclic) bond motifs is 1. The van der Waals surface area contributed by atoms with Crippen molar-refractivity contribution in [1.29, 1.82) is 0 Å². The first-order chi connectivity index (χ1) is 5.77. The van der Waals surface area contributed by atoms with Gasteiger partial charge >= 0.3 is 0 Å². The van der Waals surface area contributed by atoms with Gasteiger partial charge in [-0.25, -0.2) is 4.39 Å². The van der Waals surface area contributed by atoms with Crippen LogP contribution in [0.3, 0.4) is 0 Å². The Balaban J connectivity index is 2.53. The summed E-state index contributed by atoms with van der Waals surface area (Å²) in [4.78, 5) is 0. The van der Waals surface area contributed by atoms with E-state index in [0.717, 1.165) is 0 Å². The summed E-state index contributed by atoms with van der Waals surface area (Å²) in [5.74, 6) is 0.0823. The van der Waals surface area contributed by atoms with Crippen LogP contribution in [0.15, 0.2) is 12.1 Å². The van der Waals surface area contributed by atoms with Gasteiger partial charge in [0, 0.05) is 17.8 Å². The number of nitrogen functional groups attached to an aromatic ring is 1. The lowest BCUT2D eigenvalue weighted by molar-refractivity contribution is 0.164. The molecule has 1 aliphatic rings. The second kappa shape index (κ2) is 2.55. The third-order valence-corrected chi connectivity index (χ3v) is 1.62. The highest BCUT2D eigenvalue weighted by Gasteiger charge is 2.16. The molecule has 0 atom stereocenters. The summed E-state index contributed by atoms with van der Waals surface area (Å²) in [5.41, 5.74) is 5.75. The van der Waals surface area contributed by atoms with Gasteiger partial charge in [-0.05, 0) is 0 Å². The van der Waals surface area contributed by atoms with Gasteiger partial charge in [0.15, 0.2) is 17.3 Å². The second-order valence-corrected chi connectivity index (χ2v) is 2.53. The average molecular weight is 169 g/mol. The molecule has 1 aliphatic heterocycles. The minimum atomic E-state index is -0.468. The summed E-state index contributed by atoms with van der Waals surface area (Å²) in [7, 11) is 0. The molecule has 0 saturated heterocycles. The molecular weight excluding hydrogens is 161 g/mol. The Labute approximate surface area is 68.9 Å². The Hall–Kier alpha value is -1.45. The van der Waals surface area contributed by atoms with Gasteiger partial charge in [-0.15, -0.1) is 0 Å². The van der Waals surface area contributed by atoms with Crippen LogP contribution >= 0.6 is 0 Å². The third kappa shape index (κ3) is 1.05. The van der Waals surface area contributed by atoms with Gasteiger partial charge in [0.25, 0.3) is 0 Å². The molecule has 1 heterocycles. The molecule has 0 aliphatic carbocycles. The Bertz CT molecular complexity index is 314. The molecule has 0 aromatic heterocycles. The Morgan fingerprint density at radius 2 is 2.00 bits per heavy atom. The molecule has 3 nitrogen and oxygen atoms in total. The highest BCUT2D eigenvalue weighted by molar-refractivity contribution is 5.53. The SMILES string of the molecule is Nc1cc(F)c2c(c1)OCCO2. The van der Waals surface area contributed by atoms with Gasteiger partial charge in [0.1, 0.15) is 13.2 Å². The zero-order valence-electron chi connectivity index (χ0n) is 6.34. The monoisotopic (exact) mass is 169 g/mol. The second-order valence-electron chi connectivity index (χ2n) is 2.53. The van der Waals surface area contributed by atoms with Crippen molar-refractivity contribution >= 4 is 5.69 Å². The van der Waals surface area contributed by atoms with Gasteiger partial charge in [-0.3, -0.25) is 0 Å². The smallest absolute Gasteiger partial charge is 0.197 e. The maximum atomic E-state index is 13.0. The van der Waals surface area contributed by atoms with Crippen LogP contribution in [0.4, 0.5) is 10.1 Å². The standard InChI is InChI=1S/C8H8FNO2/c9-6-3-5(10)4-7-8(6)12-2-1-11-7/h3-4H,1-2,10H2. The molecule has 0 radical (unpaired) electrons. The van der Waals surface area contributed by atoms with Gasteiger partial charge in [-0.2, -0.15) is 0 Å². The summed E-state index contributed by atoms with van der Waals surface area (Å²) >= 11 is 0. The maximum Gasteiger partial charge on any atom is 0.197 e. The summed E-state index contributed by atoms with van der Waals surface area (Å²) in [6, 6.07) is 2.77. The molecule has 64 valence electrons. The van der Waals surface area contributed by atoms with Crippen molar-refractivity contribution in [1.82, 2.24) is 0 Å². The van der Waals surface area contributed by atoms with Gasteiger partial charge in [0.05, 0.1) is 0 Å². The van der Waals surface area contributed by atoms with Crippen LogP contribution in [0.1, 0.15) is 0 Å². The lowest BCUT2D eigenvalue weighted by atomic mass is 10.2. The normalized spacial score (nSPS) is 14.4. The van der Waals surface area contributed by atoms with E-state index in [2.05, 4.69) is 0 Å². The molecule has 0 spiro atoms. The van der Waals surface area contributed by atoms with Crippen molar-refractivity contribution in [2.75, 3.05) is 18.9 Å². The lowest BCUT2D eigenvalue weighted by Gasteiger charge is -2.18. The summed E-state index contributed by atoms with van der Waals surface area (Å²) in [6.45, 7) is 0.823. The van der Waals surface area contributed by atoms with Crippen LogP contribution in [0.2, 0.25) is 0 Å². The number of halogens is 1. The molecule has 0 fully saturated rings. The number of benzene rings is 1. The molecule has 2 N–H and O–H groups in total. The van der Waals surface area contributed by atoms with E-state index >= 15 is 0 Å². The molecule has 1 aromatic carbocycles. The van der Waals surface area contributed by atoms with E-state index in [1.165, 1.54) is 6.07 Å². The molecule has 0 unspecified atom stereocenters. The quantitative estimate of drug-likeness (QED) is 0.593. The van der Waals surface area contributed by atoms with Gasteiger partial charge < -0.3 is 15.2 Å². The van der Waals surface area contributed by atoms with E-state index in [1.807, 2.05) is 0 Å². The predicted octanol–water partition coefficient (Wildman–Crippen LogP) is 1.18. The fourth-order valence-electron chi connectivity index (χ4n) is 1.13. The first-order valence-corrected chi connectivity index (χ1v) is 3.62. The average Bonchev–Trinajstić information content (AvgIpc) is 2.04. The van der Waals surface area contributed by atoms with Gasteiger partial charge in [0.2, 0.25) is 0 Å². The number of hydrogen-bond donors (Lipinski definition) is 1. The Morgan fingerprint density at radius 3 is 2.83 bits per heavy atom. The van der Waals surface area contributed by atoms with Gasteiger partial charge in [-0.1, -0.05) is 0 Å². The van der Waals surface area contributed by atoms with Crippen LogP contribution < -0.4 is 15.2 Å². The van der Waals surface area contributed by atoms with E-state index in [0.29, 0.717) is 24.7 Å². The number of rotatable bonds is 0. The van der Waals surface area contributed by atoms with E-state index < -0.39 is 5.82 Å². The van der Waals surface area contributed by atoms with Crippen LogP contribution in [0, 0.1) is 5.82 Å². The number of anilines is 1. The topological polar surface area (TPSA) is 44.5 Å². The van der Waals surface area contributed by atoms with Crippen molar-refractivity contribution in [3.05, 3.63) is 17.9 Å². The number of nitrogens with two attached hydrogens (primary N) is 1.